The van der Waals surface area contributed by atoms with Crippen LogP contribution in [0.1, 0.15) is 37.8 Å². The van der Waals surface area contributed by atoms with Gasteiger partial charge in [0.1, 0.15) is 5.75 Å². The molecule has 3 aromatic rings. The number of hydrogen-bond acceptors (Lipinski definition) is 4. The van der Waals surface area contributed by atoms with Crippen LogP contribution in [0, 0.1) is 6.92 Å². The molecule has 3 rings (SSSR count). The highest BCUT2D eigenvalue weighted by atomic mass is 16.5. The normalized spacial score (nSPS) is 12.0. The van der Waals surface area contributed by atoms with Gasteiger partial charge in [-0.15, -0.1) is 5.10 Å². The molecule has 1 N–H and O–H groups in total. The lowest BCUT2D eigenvalue weighted by atomic mass is 9.98. The van der Waals surface area contributed by atoms with E-state index in [0.717, 1.165) is 11.3 Å². The molecule has 0 fully saturated rings. The number of nitrogens with one attached hydrogen (secondary N) is 1. The number of rotatable bonds is 6. The van der Waals surface area contributed by atoms with E-state index in [9.17, 15) is 4.79 Å². The van der Waals surface area contributed by atoms with Crippen LogP contribution in [0.3, 0.4) is 0 Å². The summed E-state index contributed by atoms with van der Waals surface area (Å²) in [5.41, 5.74) is 3.83. The third-order valence-corrected chi connectivity index (χ3v) is 4.38. The maximum atomic E-state index is 12.6. The summed E-state index contributed by atoms with van der Waals surface area (Å²) < 4.78 is 7.45. The molecule has 0 saturated heterocycles. The van der Waals surface area contributed by atoms with Gasteiger partial charge in [0.05, 0.1) is 23.8 Å². The van der Waals surface area contributed by atoms with Crippen molar-refractivity contribution in [2.45, 2.75) is 39.7 Å². The van der Waals surface area contributed by atoms with Gasteiger partial charge in [0, 0.05) is 0 Å². The van der Waals surface area contributed by atoms with E-state index in [1.165, 1.54) is 5.56 Å². The highest BCUT2D eigenvalue weighted by Crippen LogP contribution is 2.24. The first-order chi connectivity index (χ1) is 13.0. The summed E-state index contributed by atoms with van der Waals surface area (Å²) in [6, 6.07) is 13.4. The van der Waals surface area contributed by atoms with Gasteiger partial charge in [-0.3, -0.25) is 4.79 Å². The van der Waals surface area contributed by atoms with E-state index in [4.69, 9.17) is 4.74 Å². The van der Waals surface area contributed by atoms with Crippen LogP contribution in [0.2, 0.25) is 0 Å². The minimum absolute atomic E-state index is 0.229. The zero-order valence-corrected chi connectivity index (χ0v) is 16.0. The molecule has 0 spiro atoms. The molecular formula is C21H24N4O2. The number of hydrogen-bond donors (Lipinski definition) is 1. The number of aromatic nitrogens is 3. The third-order valence-electron chi connectivity index (χ3n) is 4.38. The van der Waals surface area contributed by atoms with Crippen LogP contribution in [0.4, 0.5) is 5.69 Å². The molecule has 0 radical (unpaired) electrons. The second-order valence-corrected chi connectivity index (χ2v) is 6.79. The number of ether oxygens (including phenoxy) is 1. The zero-order valence-electron chi connectivity index (χ0n) is 16.0. The molecule has 0 aliphatic carbocycles. The summed E-state index contributed by atoms with van der Waals surface area (Å²) in [5.74, 6) is 0.908. The Kier molecular flexibility index (Phi) is 5.54. The molecule has 1 aromatic heterocycles. The van der Waals surface area contributed by atoms with Crippen LogP contribution in [-0.4, -0.2) is 27.0 Å². The molecule has 0 bridgehead atoms. The van der Waals surface area contributed by atoms with Crippen LogP contribution in [-0.2, 0) is 4.79 Å². The molecule has 0 saturated carbocycles. The quantitative estimate of drug-likeness (QED) is 0.715. The predicted octanol–water partition coefficient (Wildman–Crippen LogP) is 4.11. The Labute approximate surface area is 159 Å². The summed E-state index contributed by atoms with van der Waals surface area (Å²) >= 11 is 0. The van der Waals surface area contributed by atoms with Gasteiger partial charge in [-0.05, 0) is 55.2 Å². The second kappa shape index (κ2) is 8.03. The van der Waals surface area contributed by atoms with Gasteiger partial charge in [0.25, 0.3) is 5.91 Å². The third kappa shape index (κ3) is 4.34. The minimum Gasteiger partial charge on any atom is -0.481 e. The molecule has 140 valence electrons. The predicted molar refractivity (Wildman–Crippen MR) is 105 cm³/mol. The first-order valence-corrected chi connectivity index (χ1v) is 8.99. The smallest absolute Gasteiger partial charge is 0.265 e. The van der Waals surface area contributed by atoms with Crippen molar-refractivity contribution in [3.8, 4) is 11.4 Å². The van der Waals surface area contributed by atoms with Gasteiger partial charge < -0.3 is 10.1 Å². The zero-order chi connectivity index (χ0) is 19.4. The molecule has 1 atom stereocenters. The standard InChI is InChI=1S/C21H24N4O2/c1-14(2)18-10-9-17(13-15(18)3)27-16(4)21(26)23-19-7-5-6-8-20(19)25-12-11-22-24-25/h5-14,16H,1-4H3,(H,23,26). The van der Waals surface area contributed by atoms with E-state index >= 15 is 0 Å². The van der Waals surface area contributed by atoms with E-state index < -0.39 is 6.10 Å². The highest BCUT2D eigenvalue weighted by Gasteiger charge is 2.17. The number of para-hydroxylation sites is 2. The molecule has 6 heteroatoms. The van der Waals surface area contributed by atoms with Crippen molar-refractivity contribution in [2.75, 3.05) is 5.32 Å². The van der Waals surface area contributed by atoms with E-state index in [1.807, 2.05) is 36.4 Å². The summed E-state index contributed by atoms with van der Waals surface area (Å²) in [4.78, 5) is 12.6. The summed E-state index contributed by atoms with van der Waals surface area (Å²) in [6.07, 6.45) is 2.68. The molecule has 2 aromatic carbocycles. The molecule has 1 unspecified atom stereocenters. The first kappa shape index (κ1) is 18.6. The number of nitrogens with zero attached hydrogens (tertiary/aromatic N) is 3. The van der Waals surface area contributed by atoms with Crippen molar-refractivity contribution < 1.29 is 9.53 Å². The van der Waals surface area contributed by atoms with Crippen LogP contribution >= 0.6 is 0 Å². The fourth-order valence-corrected chi connectivity index (χ4v) is 2.98. The van der Waals surface area contributed by atoms with Crippen molar-refractivity contribution in [3.63, 3.8) is 0 Å². The minimum atomic E-state index is -0.641. The van der Waals surface area contributed by atoms with Crippen LogP contribution in [0.15, 0.2) is 54.9 Å². The largest absolute Gasteiger partial charge is 0.481 e. The lowest BCUT2D eigenvalue weighted by molar-refractivity contribution is -0.122. The maximum Gasteiger partial charge on any atom is 0.265 e. The van der Waals surface area contributed by atoms with Gasteiger partial charge in [-0.1, -0.05) is 37.3 Å². The van der Waals surface area contributed by atoms with Gasteiger partial charge >= 0.3 is 0 Å². The number of aryl methyl sites for hydroxylation is 1. The molecular weight excluding hydrogens is 340 g/mol. The lowest BCUT2D eigenvalue weighted by Gasteiger charge is -2.18. The molecule has 6 nitrogen and oxygen atoms in total. The van der Waals surface area contributed by atoms with Gasteiger partial charge in [0.15, 0.2) is 6.10 Å². The number of anilines is 1. The van der Waals surface area contributed by atoms with Crippen LogP contribution in [0.25, 0.3) is 5.69 Å². The Morgan fingerprint density at radius 3 is 2.59 bits per heavy atom. The first-order valence-electron chi connectivity index (χ1n) is 8.99. The molecule has 0 aliphatic rings. The number of carbonyl (C=O) groups excluding carboxylic acids is 1. The Morgan fingerprint density at radius 2 is 1.93 bits per heavy atom. The summed E-state index contributed by atoms with van der Waals surface area (Å²) in [6.45, 7) is 8.11. The number of benzene rings is 2. The highest BCUT2D eigenvalue weighted by molar-refractivity contribution is 5.95. The lowest BCUT2D eigenvalue weighted by Crippen LogP contribution is -2.30. The molecule has 1 amide bonds. The van der Waals surface area contributed by atoms with E-state index in [2.05, 4.69) is 42.5 Å². The molecule has 1 heterocycles. The Bertz CT molecular complexity index is 920. The Balaban J connectivity index is 1.71. The van der Waals surface area contributed by atoms with Crippen molar-refractivity contribution in [1.29, 1.82) is 0 Å². The SMILES string of the molecule is Cc1cc(OC(C)C(=O)Nc2ccccc2-n2ccnn2)ccc1C(C)C. The topological polar surface area (TPSA) is 69.0 Å². The Morgan fingerprint density at radius 1 is 1.15 bits per heavy atom. The number of carbonyl (C=O) groups is 1. The average molecular weight is 364 g/mol. The second-order valence-electron chi connectivity index (χ2n) is 6.79. The van der Waals surface area contributed by atoms with Crippen LogP contribution in [0.5, 0.6) is 5.75 Å². The Hall–Kier alpha value is -3.15. The van der Waals surface area contributed by atoms with Gasteiger partial charge in [-0.25, -0.2) is 4.68 Å². The van der Waals surface area contributed by atoms with Crippen LogP contribution < -0.4 is 10.1 Å². The van der Waals surface area contributed by atoms with E-state index in [1.54, 1.807) is 24.0 Å². The van der Waals surface area contributed by atoms with E-state index in [-0.39, 0.29) is 5.91 Å². The monoisotopic (exact) mass is 364 g/mol. The van der Waals surface area contributed by atoms with Crippen molar-refractivity contribution in [2.24, 2.45) is 0 Å². The van der Waals surface area contributed by atoms with Crippen molar-refractivity contribution in [1.82, 2.24) is 15.0 Å². The van der Waals surface area contributed by atoms with Gasteiger partial charge in [-0.2, -0.15) is 0 Å². The van der Waals surface area contributed by atoms with E-state index in [0.29, 0.717) is 17.4 Å². The maximum absolute atomic E-state index is 12.6. The fraction of sp³-hybridized carbons (Fsp3) is 0.286. The van der Waals surface area contributed by atoms with Gasteiger partial charge in [0.2, 0.25) is 0 Å². The summed E-state index contributed by atoms with van der Waals surface area (Å²) in [7, 11) is 0. The molecule has 0 aliphatic heterocycles. The van der Waals surface area contributed by atoms with Crippen molar-refractivity contribution >= 4 is 11.6 Å². The molecule has 27 heavy (non-hydrogen) atoms. The fourth-order valence-electron chi connectivity index (χ4n) is 2.98. The summed E-state index contributed by atoms with van der Waals surface area (Å²) in [5, 5.41) is 10.7. The number of amides is 1. The van der Waals surface area contributed by atoms with Crippen molar-refractivity contribution in [3.05, 3.63) is 66.0 Å². The average Bonchev–Trinajstić information content (AvgIpc) is 3.16.